The summed E-state index contributed by atoms with van der Waals surface area (Å²) in [5, 5.41) is 0. The molecule has 0 aromatic carbocycles. The third kappa shape index (κ3) is 0.649. The first-order valence-corrected chi connectivity index (χ1v) is 4.56. The average molecular weight is 144 g/mol. The van der Waals surface area contributed by atoms with E-state index >= 15 is 0 Å². The molecule has 0 bridgehead atoms. The van der Waals surface area contributed by atoms with Crippen molar-refractivity contribution in [3.8, 4) is 0 Å². The van der Waals surface area contributed by atoms with Gasteiger partial charge in [-0.1, -0.05) is 12.2 Å². The first-order chi connectivity index (χ1) is 5.45. The molecule has 0 nitrogen and oxygen atoms in total. The highest BCUT2D eigenvalue weighted by molar-refractivity contribution is 5.58. The molecule has 0 unspecified atom stereocenters. The van der Waals surface area contributed by atoms with Gasteiger partial charge >= 0.3 is 0 Å². The second kappa shape index (κ2) is 1.88. The molecule has 0 atom stereocenters. The Hall–Kier alpha value is -0.780. The molecular formula is C11H12. The Morgan fingerprint density at radius 2 is 1.36 bits per heavy atom. The molecule has 0 spiro atoms. The molecule has 0 fully saturated rings. The van der Waals surface area contributed by atoms with Gasteiger partial charge in [-0.3, -0.25) is 0 Å². The van der Waals surface area contributed by atoms with Crippen LogP contribution in [0, 0.1) is 0 Å². The van der Waals surface area contributed by atoms with Gasteiger partial charge in [-0.05, 0) is 54.4 Å². The van der Waals surface area contributed by atoms with Gasteiger partial charge in [-0.25, -0.2) is 0 Å². The zero-order valence-electron chi connectivity index (χ0n) is 6.69. The Bertz CT molecular complexity index is 270. The van der Waals surface area contributed by atoms with E-state index in [1.807, 2.05) is 0 Å². The lowest BCUT2D eigenvalue weighted by Crippen LogP contribution is -1.78. The number of allylic oxidation sites excluding steroid dienone is 6. The summed E-state index contributed by atoms with van der Waals surface area (Å²) in [6.45, 7) is 0. The highest BCUT2D eigenvalue weighted by Gasteiger charge is 2.27. The molecule has 0 heterocycles. The van der Waals surface area contributed by atoms with Gasteiger partial charge in [0.2, 0.25) is 0 Å². The van der Waals surface area contributed by atoms with Gasteiger partial charge in [0.05, 0.1) is 0 Å². The molecule has 0 saturated heterocycles. The second-order valence-corrected chi connectivity index (χ2v) is 3.67. The lowest BCUT2D eigenvalue weighted by molar-refractivity contribution is 0.997. The Morgan fingerprint density at radius 3 is 1.91 bits per heavy atom. The minimum atomic E-state index is 1.27. The minimum Gasteiger partial charge on any atom is -0.0804 e. The van der Waals surface area contributed by atoms with E-state index in [0.717, 1.165) is 0 Å². The molecule has 3 aliphatic carbocycles. The fraction of sp³-hybridized carbons (Fsp3) is 0.455. The zero-order valence-corrected chi connectivity index (χ0v) is 6.69. The van der Waals surface area contributed by atoms with Crippen molar-refractivity contribution in [3.05, 3.63) is 34.4 Å². The fourth-order valence-electron chi connectivity index (χ4n) is 2.60. The van der Waals surface area contributed by atoms with Crippen LogP contribution in [0.3, 0.4) is 0 Å². The van der Waals surface area contributed by atoms with E-state index in [9.17, 15) is 0 Å². The van der Waals surface area contributed by atoms with Crippen molar-refractivity contribution < 1.29 is 0 Å². The van der Waals surface area contributed by atoms with Gasteiger partial charge in [0.15, 0.2) is 0 Å². The summed E-state index contributed by atoms with van der Waals surface area (Å²) in [5.41, 5.74) is 6.75. The number of rotatable bonds is 0. The van der Waals surface area contributed by atoms with Crippen LogP contribution in [-0.4, -0.2) is 0 Å². The summed E-state index contributed by atoms with van der Waals surface area (Å²) in [5.74, 6) is 0. The van der Waals surface area contributed by atoms with Crippen LogP contribution in [0.4, 0.5) is 0 Å². The van der Waals surface area contributed by atoms with Crippen LogP contribution < -0.4 is 0 Å². The van der Waals surface area contributed by atoms with Crippen molar-refractivity contribution >= 4 is 0 Å². The van der Waals surface area contributed by atoms with Gasteiger partial charge in [0.1, 0.15) is 0 Å². The van der Waals surface area contributed by atoms with Gasteiger partial charge in [-0.15, -0.1) is 0 Å². The number of hydrogen-bond acceptors (Lipinski definition) is 0. The molecule has 0 aromatic rings. The molecule has 11 heavy (non-hydrogen) atoms. The molecule has 0 radical (unpaired) electrons. The molecular weight excluding hydrogens is 132 g/mol. The molecule has 56 valence electrons. The van der Waals surface area contributed by atoms with Crippen LogP contribution in [0.5, 0.6) is 0 Å². The molecule has 0 aromatic heterocycles. The Balaban J connectivity index is 2.18. The van der Waals surface area contributed by atoms with E-state index in [1.54, 1.807) is 22.3 Å². The maximum atomic E-state index is 2.43. The van der Waals surface area contributed by atoms with E-state index in [0.29, 0.717) is 0 Å². The first kappa shape index (κ1) is 5.82. The summed E-state index contributed by atoms with van der Waals surface area (Å²) >= 11 is 0. The standard InChI is InChI=1S/C11H12/c1-3-8-7-9-4-2-6-11(9)10(8)5-1/h3-4H,1-2,5-7H2. The highest BCUT2D eigenvalue weighted by Crippen LogP contribution is 2.46. The Labute approximate surface area is 67.3 Å². The van der Waals surface area contributed by atoms with Crippen LogP contribution in [0.1, 0.15) is 32.1 Å². The summed E-state index contributed by atoms with van der Waals surface area (Å²) in [7, 11) is 0. The third-order valence-electron chi connectivity index (χ3n) is 3.09. The third-order valence-corrected chi connectivity index (χ3v) is 3.09. The zero-order chi connectivity index (χ0) is 7.26. The van der Waals surface area contributed by atoms with Crippen LogP contribution >= 0.6 is 0 Å². The van der Waals surface area contributed by atoms with Gasteiger partial charge in [0, 0.05) is 0 Å². The molecule has 0 aliphatic heterocycles. The lowest BCUT2D eigenvalue weighted by Gasteiger charge is -1.97. The van der Waals surface area contributed by atoms with E-state index in [1.165, 1.54) is 32.1 Å². The summed E-state index contributed by atoms with van der Waals surface area (Å²) in [6.07, 6.45) is 11.4. The number of hydrogen-bond donors (Lipinski definition) is 0. The summed E-state index contributed by atoms with van der Waals surface area (Å²) < 4.78 is 0. The predicted octanol–water partition coefficient (Wildman–Crippen LogP) is 3.13. The fourth-order valence-corrected chi connectivity index (χ4v) is 2.60. The van der Waals surface area contributed by atoms with Crippen molar-refractivity contribution in [1.29, 1.82) is 0 Å². The summed E-state index contributed by atoms with van der Waals surface area (Å²) in [6, 6.07) is 0. The minimum absolute atomic E-state index is 1.27. The van der Waals surface area contributed by atoms with E-state index < -0.39 is 0 Å². The van der Waals surface area contributed by atoms with E-state index in [-0.39, 0.29) is 0 Å². The lowest BCUT2D eigenvalue weighted by atomic mass is 10.1. The quantitative estimate of drug-likeness (QED) is 0.490. The first-order valence-electron chi connectivity index (χ1n) is 4.56. The predicted molar refractivity (Wildman–Crippen MR) is 46.3 cm³/mol. The Morgan fingerprint density at radius 1 is 0.818 bits per heavy atom. The van der Waals surface area contributed by atoms with Crippen molar-refractivity contribution in [3.63, 3.8) is 0 Å². The smallest absolute Gasteiger partial charge is 0.00264 e. The van der Waals surface area contributed by atoms with Crippen molar-refractivity contribution in [2.45, 2.75) is 32.1 Å². The molecule has 0 saturated carbocycles. The van der Waals surface area contributed by atoms with Crippen molar-refractivity contribution in [2.24, 2.45) is 0 Å². The molecule has 0 N–H and O–H groups in total. The topological polar surface area (TPSA) is 0 Å². The maximum absolute atomic E-state index is 2.43. The largest absolute Gasteiger partial charge is 0.0804 e. The maximum Gasteiger partial charge on any atom is -0.00264 e. The van der Waals surface area contributed by atoms with Gasteiger partial charge < -0.3 is 0 Å². The normalized spacial score (nSPS) is 26.9. The number of fused-ring (bicyclic) bond motifs is 2. The second-order valence-electron chi connectivity index (χ2n) is 3.67. The van der Waals surface area contributed by atoms with Gasteiger partial charge in [0.25, 0.3) is 0 Å². The van der Waals surface area contributed by atoms with Gasteiger partial charge in [-0.2, -0.15) is 0 Å². The van der Waals surface area contributed by atoms with Crippen LogP contribution in [0.25, 0.3) is 0 Å². The van der Waals surface area contributed by atoms with Crippen molar-refractivity contribution in [2.75, 3.05) is 0 Å². The SMILES string of the molecule is C1=C2CC3=CCCC3=C2CC1. The molecule has 0 heteroatoms. The summed E-state index contributed by atoms with van der Waals surface area (Å²) in [4.78, 5) is 0. The van der Waals surface area contributed by atoms with Crippen LogP contribution in [0.15, 0.2) is 34.4 Å². The van der Waals surface area contributed by atoms with Crippen molar-refractivity contribution in [1.82, 2.24) is 0 Å². The monoisotopic (exact) mass is 144 g/mol. The molecule has 3 rings (SSSR count). The van der Waals surface area contributed by atoms with Crippen LogP contribution in [0.2, 0.25) is 0 Å². The van der Waals surface area contributed by atoms with E-state index in [4.69, 9.17) is 0 Å². The molecule has 0 amide bonds. The highest BCUT2D eigenvalue weighted by atomic mass is 14.3. The average Bonchev–Trinajstić information content (AvgIpc) is 2.52. The van der Waals surface area contributed by atoms with Crippen LogP contribution in [-0.2, 0) is 0 Å². The molecule has 3 aliphatic rings. The van der Waals surface area contributed by atoms with E-state index in [2.05, 4.69) is 12.2 Å². The Kier molecular flexibility index (Phi) is 0.993.